The predicted octanol–water partition coefficient (Wildman–Crippen LogP) is 2.34. The molecule has 1 N–H and O–H groups in total. The number of halogens is 2. The highest BCUT2D eigenvalue weighted by atomic mass is 19.1. The zero-order chi connectivity index (χ0) is 15.6. The highest BCUT2D eigenvalue weighted by Gasteiger charge is 2.20. The maximum absolute atomic E-state index is 13.4. The first-order valence-corrected chi connectivity index (χ1v) is 5.90. The number of aromatic nitrogens is 2. The highest BCUT2D eigenvalue weighted by Crippen LogP contribution is 2.19. The Kier molecular flexibility index (Phi) is 3.92. The average Bonchev–Trinajstić information content (AvgIpc) is 2.86. The van der Waals surface area contributed by atoms with E-state index in [1.165, 1.54) is 10.8 Å². The van der Waals surface area contributed by atoms with E-state index >= 15 is 0 Å². The molecule has 0 atom stereocenters. The lowest BCUT2D eigenvalue weighted by molar-refractivity contribution is -0.384. The Morgan fingerprint density at radius 2 is 2.19 bits per heavy atom. The summed E-state index contributed by atoms with van der Waals surface area (Å²) >= 11 is 0. The van der Waals surface area contributed by atoms with Crippen LogP contribution >= 0.6 is 0 Å². The van der Waals surface area contributed by atoms with Crippen LogP contribution in [-0.4, -0.2) is 20.4 Å². The minimum Gasteiger partial charge on any atom is -0.337 e. The van der Waals surface area contributed by atoms with Crippen molar-refractivity contribution in [1.82, 2.24) is 9.55 Å². The van der Waals surface area contributed by atoms with E-state index in [-0.39, 0.29) is 17.1 Å². The van der Waals surface area contributed by atoms with Gasteiger partial charge in [-0.15, -0.1) is 0 Å². The van der Waals surface area contributed by atoms with E-state index in [9.17, 15) is 23.7 Å². The van der Waals surface area contributed by atoms with Gasteiger partial charge < -0.3 is 9.88 Å². The summed E-state index contributed by atoms with van der Waals surface area (Å²) in [5.41, 5.74) is -0.569. The molecule has 21 heavy (non-hydrogen) atoms. The van der Waals surface area contributed by atoms with Gasteiger partial charge in [-0.25, -0.2) is 0 Å². The number of nitrogens with one attached hydrogen (secondary N) is 1. The number of aryl methyl sites for hydroxylation is 1. The summed E-state index contributed by atoms with van der Waals surface area (Å²) in [6.07, 6.45) is 1.20. The molecular formula is C12H10F2N4O3. The Labute approximate surface area is 117 Å². The van der Waals surface area contributed by atoms with Crippen LogP contribution in [0.25, 0.3) is 0 Å². The first-order chi connectivity index (χ1) is 9.92. The van der Waals surface area contributed by atoms with E-state index in [1.807, 2.05) is 0 Å². The van der Waals surface area contributed by atoms with Crippen LogP contribution in [-0.2, 0) is 6.54 Å². The van der Waals surface area contributed by atoms with Crippen LogP contribution in [0, 0.1) is 22.0 Å². The van der Waals surface area contributed by atoms with Crippen LogP contribution < -0.4 is 5.32 Å². The first kappa shape index (κ1) is 14.6. The fourth-order valence-electron chi connectivity index (χ4n) is 1.74. The summed E-state index contributed by atoms with van der Waals surface area (Å²) in [7, 11) is 0. The van der Waals surface area contributed by atoms with Crippen LogP contribution in [0.4, 0.5) is 20.2 Å². The molecule has 2 aromatic rings. The molecular weight excluding hydrogens is 286 g/mol. The summed E-state index contributed by atoms with van der Waals surface area (Å²) in [6.45, 7) is 2.02. The molecule has 2 heterocycles. The maximum Gasteiger partial charge on any atom is 0.287 e. The second kappa shape index (κ2) is 5.65. The van der Waals surface area contributed by atoms with Crippen molar-refractivity contribution in [3.63, 3.8) is 0 Å². The zero-order valence-electron chi connectivity index (χ0n) is 10.8. The van der Waals surface area contributed by atoms with Crippen molar-refractivity contribution in [3.8, 4) is 0 Å². The van der Waals surface area contributed by atoms with E-state index in [0.29, 0.717) is 6.54 Å². The van der Waals surface area contributed by atoms with Gasteiger partial charge in [0.25, 0.3) is 11.6 Å². The number of nitro groups is 1. The van der Waals surface area contributed by atoms with Gasteiger partial charge in [0, 0.05) is 12.6 Å². The Morgan fingerprint density at radius 1 is 1.48 bits per heavy atom. The summed E-state index contributed by atoms with van der Waals surface area (Å²) in [5.74, 6) is -2.94. The third kappa shape index (κ3) is 3.02. The number of carbonyl (C=O) groups is 1. The molecule has 0 aliphatic rings. The van der Waals surface area contributed by atoms with Crippen molar-refractivity contribution in [2.75, 3.05) is 5.32 Å². The second-order valence-corrected chi connectivity index (χ2v) is 4.05. The molecule has 0 unspecified atom stereocenters. The molecule has 0 spiro atoms. The van der Waals surface area contributed by atoms with Crippen molar-refractivity contribution >= 4 is 17.3 Å². The van der Waals surface area contributed by atoms with Gasteiger partial charge in [0.15, 0.2) is 0 Å². The largest absolute Gasteiger partial charge is 0.337 e. The molecule has 2 rings (SSSR count). The number of hydrogen-bond acceptors (Lipinski definition) is 4. The maximum atomic E-state index is 13.4. The number of rotatable bonds is 4. The summed E-state index contributed by atoms with van der Waals surface area (Å²) in [4.78, 5) is 25.0. The number of pyridine rings is 1. The monoisotopic (exact) mass is 296 g/mol. The van der Waals surface area contributed by atoms with Crippen LogP contribution in [0.15, 0.2) is 24.4 Å². The lowest BCUT2D eigenvalue weighted by atomic mass is 10.3. The molecule has 0 bridgehead atoms. The van der Waals surface area contributed by atoms with Crippen molar-refractivity contribution in [3.05, 3.63) is 52.1 Å². The van der Waals surface area contributed by atoms with Crippen LogP contribution in [0.1, 0.15) is 17.4 Å². The minimum absolute atomic E-state index is 0.00655. The van der Waals surface area contributed by atoms with Crippen LogP contribution in [0.5, 0.6) is 0 Å². The lowest BCUT2D eigenvalue weighted by Gasteiger charge is -2.07. The Bertz CT molecular complexity index is 715. The summed E-state index contributed by atoms with van der Waals surface area (Å²) in [6, 6.07) is 2.98. The van der Waals surface area contributed by atoms with Crippen LogP contribution in [0.3, 0.4) is 0 Å². The smallest absolute Gasteiger partial charge is 0.287 e. The Morgan fingerprint density at radius 3 is 2.76 bits per heavy atom. The van der Waals surface area contributed by atoms with Crippen molar-refractivity contribution < 1.29 is 18.5 Å². The third-order valence-electron chi connectivity index (χ3n) is 2.73. The molecule has 1 amide bonds. The van der Waals surface area contributed by atoms with Gasteiger partial charge in [-0.2, -0.15) is 13.8 Å². The molecule has 0 aliphatic heterocycles. The number of amides is 1. The van der Waals surface area contributed by atoms with Gasteiger partial charge in [0.1, 0.15) is 5.69 Å². The van der Waals surface area contributed by atoms with E-state index in [1.54, 1.807) is 6.92 Å². The molecule has 2 aromatic heterocycles. The number of carbonyl (C=O) groups excluding carboxylic acids is 1. The van der Waals surface area contributed by atoms with Gasteiger partial charge in [0.2, 0.25) is 11.9 Å². The quantitative estimate of drug-likeness (QED) is 0.532. The molecule has 0 fully saturated rings. The SMILES string of the molecule is CCn1cc([N+](=O)[O-])cc1C(=O)Nc1ccc(F)nc1F. The van der Waals surface area contributed by atoms with E-state index in [0.717, 1.165) is 18.2 Å². The molecule has 0 saturated heterocycles. The lowest BCUT2D eigenvalue weighted by Crippen LogP contribution is -2.17. The fraction of sp³-hybridized carbons (Fsp3) is 0.167. The van der Waals surface area contributed by atoms with Crippen LogP contribution in [0.2, 0.25) is 0 Å². The normalized spacial score (nSPS) is 10.4. The zero-order valence-corrected chi connectivity index (χ0v) is 10.8. The van der Waals surface area contributed by atoms with Crippen molar-refractivity contribution in [1.29, 1.82) is 0 Å². The molecule has 0 aromatic carbocycles. The second-order valence-electron chi connectivity index (χ2n) is 4.05. The number of anilines is 1. The molecule has 0 radical (unpaired) electrons. The first-order valence-electron chi connectivity index (χ1n) is 5.90. The van der Waals surface area contributed by atoms with Gasteiger partial charge in [-0.1, -0.05) is 0 Å². The molecule has 0 aliphatic carbocycles. The minimum atomic E-state index is -1.17. The highest BCUT2D eigenvalue weighted by molar-refractivity contribution is 6.03. The fourth-order valence-corrected chi connectivity index (χ4v) is 1.74. The van der Waals surface area contributed by atoms with E-state index in [2.05, 4.69) is 10.3 Å². The summed E-state index contributed by atoms with van der Waals surface area (Å²) in [5, 5.41) is 12.9. The Hall–Kier alpha value is -2.84. The topological polar surface area (TPSA) is 90.1 Å². The third-order valence-corrected chi connectivity index (χ3v) is 2.73. The van der Waals surface area contributed by atoms with Gasteiger partial charge >= 0.3 is 0 Å². The average molecular weight is 296 g/mol. The Balaban J connectivity index is 2.29. The van der Waals surface area contributed by atoms with Gasteiger partial charge in [-0.05, 0) is 19.1 Å². The number of nitrogens with zero attached hydrogens (tertiary/aromatic N) is 3. The summed E-state index contributed by atoms with van der Waals surface area (Å²) < 4.78 is 27.4. The molecule has 0 saturated carbocycles. The van der Waals surface area contributed by atoms with Crippen molar-refractivity contribution in [2.24, 2.45) is 0 Å². The molecule has 110 valence electrons. The number of hydrogen-bond donors (Lipinski definition) is 1. The molecule has 9 heteroatoms. The van der Waals surface area contributed by atoms with Crippen molar-refractivity contribution in [2.45, 2.75) is 13.5 Å². The van der Waals surface area contributed by atoms with E-state index < -0.39 is 22.7 Å². The van der Waals surface area contributed by atoms with Gasteiger partial charge in [-0.3, -0.25) is 14.9 Å². The molecule has 7 nitrogen and oxygen atoms in total. The standard InChI is InChI=1S/C12H10F2N4O3/c1-2-17-6-7(18(20)21)5-9(17)12(19)15-8-3-4-10(13)16-11(8)14/h3-6H,2H2,1H3,(H,15,19). The van der Waals surface area contributed by atoms with E-state index in [4.69, 9.17) is 0 Å². The predicted molar refractivity (Wildman–Crippen MR) is 68.9 cm³/mol. The van der Waals surface area contributed by atoms with Gasteiger partial charge in [0.05, 0.1) is 16.8 Å².